The Bertz CT molecular complexity index is 1690. The van der Waals surface area contributed by atoms with Crippen molar-refractivity contribution in [2.24, 2.45) is 0 Å². The summed E-state index contributed by atoms with van der Waals surface area (Å²) in [5.41, 5.74) is 3.52. The molecule has 1 aliphatic rings. The van der Waals surface area contributed by atoms with Crippen molar-refractivity contribution in [1.29, 1.82) is 0 Å². The molecule has 5 rings (SSSR count). The molecule has 40 heavy (non-hydrogen) atoms. The fourth-order valence-electron chi connectivity index (χ4n) is 4.57. The third-order valence-electron chi connectivity index (χ3n) is 6.75. The van der Waals surface area contributed by atoms with Gasteiger partial charge in [0.15, 0.2) is 11.5 Å². The van der Waals surface area contributed by atoms with E-state index in [-0.39, 0.29) is 17.2 Å². The van der Waals surface area contributed by atoms with Gasteiger partial charge in [-0.1, -0.05) is 60.1 Å². The van der Waals surface area contributed by atoms with Crippen molar-refractivity contribution >= 4 is 52.0 Å². The Balaban J connectivity index is 1.47. The molecule has 0 bridgehead atoms. The van der Waals surface area contributed by atoms with Gasteiger partial charge in [-0.3, -0.25) is 14.9 Å². The molecule has 1 fully saturated rings. The summed E-state index contributed by atoms with van der Waals surface area (Å²) in [4.78, 5) is 39.6. The lowest BCUT2D eigenvalue weighted by molar-refractivity contribution is -0.122. The number of carbonyl (C=O) groups excluding carboxylic acids is 3. The van der Waals surface area contributed by atoms with Crippen LogP contribution in [0.15, 0.2) is 78.4 Å². The second-order valence-corrected chi connectivity index (χ2v) is 9.82. The summed E-state index contributed by atoms with van der Waals surface area (Å²) >= 11 is 6.64. The van der Waals surface area contributed by atoms with Gasteiger partial charge in [-0.2, -0.15) is 0 Å². The first-order valence-electron chi connectivity index (χ1n) is 12.8. The number of rotatable bonds is 7. The standard InChI is InChI=1S/C32H27ClN2O5/c1-4-39-28-17-21(16-27(33)29(28)40-18-23-10-7-9-22-8-5-6-11-25(22)23)15-26-30(36)34-32(38)35(31(26)37)24-13-12-19(2)20(3)14-24/h5-17H,4,18H2,1-3H3,(H,34,36,38)/b26-15+. The van der Waals surface area contributed by atoms with Crippen LogP contribution in [0.4, 0.5) is 10.5 Å². The fourth-order valence-corrected chi connectivity index (χ4v) is 4.84. The summed E-state index contributed by atoms with van der Waals surface area (Å²) < 4.78 is 12.0. The number of nitrogens with one attached hydrogen (secondary N) is 1. The molecule has 0 atom stereocenters. The van der Waals surface area contributed by atoms with E-state index in [1.54, 1.807) is 24.3 Å². The van der Waals surface area contributed by atoms with Crippen molar-refractivity contribution in [3.63, 3.8) is 0 Å². The minimum absolute atomic E-state index is 0.208. The molecule has 8 heteroatoms. The van der Waals surface area contributed by atoms with Gasteiger partial charge in [-0.25, -0.2) is 9.69 Å². The molecule has 1 saturated heterocycles. The van der Waals surface area contributed by atoms with Crippen molar-refractivity contribution in [2.75, 3.05) is 11.5 Å². The highest BCUT2D eigenvalue weighted by molar-refractivity contribution is 6.39. The largest absolute Gasteiger partial charge is 0.490 e. The van der Waals surface area contributed by atoms with Crippen LogP contribution in [0.5, 0.6) is 11.5 Å². The molecular weight excluding hydrogens is 528 g/mol. The molecule has 4 aromatic carbocycles. The number of aryl methyl sites for hydroxylation is 2. The Morgan fingerprint density at radius 2 is 1.68 bits per heavy atom. The van der Waals surface area contributed by atoms with Crippen molar-refractivity contribution < 1.29 is 23.9 Å². The fraction of sp³-hybridized carbons (Fsp3) is 0.156. The quantitative estimate of drug-likeness (QED) is 0.202. The lowest BCUT2D eigenvalue weighted by Gasteiger charge is -2.27. The number of urea groups is 1. The monoisotopic (exact) mass is 554 g/mol. The highest BCUT2D eigenvalue weighted by Crippen LogP contribution is 2.38. The zero-order chi connectivity index (χ0) is 28.4. The average molecular weight is 555 g/mol. The number of fused-ring (bicyclic) bond motifs is 1. The molecule has 0 aliphatic carbocycles. The van der Waals surface area contributed by atoms with Crippen LogP contribution < -0.4 is 19.7 Å². The molecule has 7 nitrogen and oxygen atoms in total. The minimum atomic E-state index is -0.805. The van der Waals surface area contributed by atoms with E-state index in [0.717, 1.165) is 32.4 Å². The van der Waals surface area contributed by atoms with E-state index in [9.17, 15) is 14.4 Å². The van der Waals surface area contributed by atoms with Gasteiger partial charge in [-0.15, -0.1) is 0 Å². The number of carbonyl (C=O) groups is 3. The number of halogens is 1. The Labute approximate surface area is 237 Å². The van der Waals surface area contributed by atoms with Crippen LogP contribution in [0.1, 0.15) is 29.2 Å². The number of benzene rings is 4. The number of ether oxygens (including phenoxy) is 2. The van der Waals surface area contributed by atoms with Gasteiger partial charge in [0.1, 0.15) is 12.2 Å². The van der Waals surface area contributed by atoms with Crippen LogP contribution in [0.3, 0.4) is 0 Å². The number of hydrogen-bond acceptors (Lipinski definition) is 5. The first-order valence-corrected chi connectivity index (χ1v) is 13.2. The van der Waals surface area contributed by atoms with E-state index >= 15 is 0 Å². The Hall–Kier alpha value is -4.62. The lowest BCUT2D eigenvalue weighted by atomic mass is 10.0. The maximum atomic E-state index is 13.4. The topological polar surface area (TPSA) is 84.9 Å². The molecule has 0 aromatic heterocycles. The van der Waals surface area contributed by atoms with Crippen molar-refractivity contribution in [3.8, 4) is 11.5 Å². The van der Waals surface area contributed by atoms with E-state index in [1.165, 1.54) is 6.08 Å². The number of barbiturate groups is 1. The van der Waals surface area contributed by atoms with E-state index in [1.807, 2.05) is 69.3 Å². The van der Waals surface area contributed by atoms with E-state index < -0.39 is 17.8 Å². The summed E-state index contributed by atoms with van der Waals surface area (Å²) in [5.74, 6) is -0.805. The Morgan fingerprint density at radius 3 is 2.45 bits per heavy atom. The predicted molar refractivity (Wildman–Crippen MR) is 156 cm³/mol. The van der Waals surface area contributed by atoms with Gasteiger partial charge < -0.3 is 9.47 Å². The Kier molecular flexibility index (Phi) is 7.58. The average Bonchev–Trinajstić information content (AvgIpc) is 2.92. The highest BCUT2D eigenvalue weighted by Gasteiger charge is 2.37. The Morgan fingerprint density at radius 1 is 0.900 bits per heavy atom. The minimum Gasteiger partial charge on any atom is -0.490 e. The molecule has 1 N–H and O–H groups in total. The molecule has 1 heterocycles. The number of hydrogen-bond donors (Lipinski definition) is 1. The zero-order valence-corrected chi connectivity index (χ0v) is 23.0. The van der Waals surface area contributed by atoms with Crippen LogP contribution in [-0.2, 0) is 16.2 Å². The van der Waals surface area contributed by atoms with Crippen molar-refractivity contribution in [1.82, 2.24) is 5.32 Å². The second-order valence-electron chi connectivity index (χ2n) is 9.42. The van der Waals surface area contributed by atoms with Crippen LogP contribution in [0.25, 0.3) is 16.8 Å². The molecule has 0 radical (unpaired) electrons. The van der Waals surface area contributed by atoms with Crippen LogP contribution >= 0.6 is 11.6 Å². The maximum Gasteiger partial charge on any atom is 0.335 e. The number of nitrogens with zero attached hydrogens (tertiary/aromatic N) is 1. The third-order valence-corrected chi connectivity index (χ3v) is 7.03. The smallest absolute Gasteiger partial charge is 0.335 e. The lowest BCUT2D eigenvalue weighted by Crippen LogP contribution is -2.54. The highest BCUT2D eigenvalue weighted by atomic mass is 35.5. The SMILES string of the molecule is CCOc1cc(/C=C2\C(=O)NC(=O)N(c3ccc(C)c(C)c3)C2=O)cc(Cl)c1OCc1cccc2ccccc12. The molecular formula is C32H27ClN2O5. The summed E-state index contributed by atoms with van der Waals surface area (Å²) in [6.45, 7) is 6.25. The van der Waals surface area contributed by atoms with Gasteiger partial charge in [-0.05, 0) is 84.1 Å². The second kappa shape index (κ2) is 11.2. The maximum absolute atomic E-state index is 13.4. The van der Waals surface area contributed by atoms with E-state index in [0.29, 0.717) is 29.4 Å². The van der Waals surface area contributed by atoms with E-state index in [2.05, 4.69) is 5.32 Å². The summed E-state index contributed by atoms with van der Waals surface area (Å²) in [5, 5.41) is 4.68. The number of anilines is 1. The van der Waals surface area contributed by atoms with Gasteiger partial charge in [0.05, 0.1) is 17.3 Å². The summed E-state index contributed by atoms with van der Waals surface area (Å²) in [6.07, 6.45) is 1.39. The van der Waals surface area contributed by atoms with Gasteiger partial charge >= 0.3 is 6.03 Å². The molecule has 0 spiro atoms. The first-order chi connectivity index (χ1) is 19.3. The number of imide groups is 2. The van der Waals surface area contributed by atoms with Crippen molar-refractivity contribution in [3.05, 3.63) is 106 Å². The van der Waals surface area contributed by atoms with Crippen LogP contribution in [0, 0.1) is 13.8 Å². The summed E-state index contributed by atoms with van der Waals surface area (Å²) in [6, 6.07) is 21.7. The van der Waals surface area contributed by atoms with Crippen LogP contribution in [0.2, 0.25) is 5.02 Å². The third kappa shape index (κ3) is 5.28. The molecule has 0 unspecified atom stereocenters. The first kappa shape index (κ1) is 27.0. The molecule has 4 aromatic rings. The zero-order valence-electron chi connectivity index (χ0n) is 22.3. The predicted octanol–water partition coefficient (Wildman–Crippen LogP) is 6.75. The molecule has 4 amide bonds. The summed E-state index contributed by atoms with van der Waals surface area (Å²) in [7, 11) is 0. The normalized spacial score (nSPS) is 14.6. The molecule has 0 saturated carbocycles. The van der Waals surface area contributed by atoms with E-state index in [4.69, 9.17) is 21.1 Å². The van der Waals surface area contributed by atoms with Gasteiger partial charge in [0, 0.05) is 0 Å². The molecule has 1 aliphatic heterocycles. The van der Waals surface area contributed by atoms with Gasteiger partial charge in [0.2, 0.25) is 0 Å². The van der Waals surface area contributed by atoms with Crippen molar-refractivity contribution in [2.45, 2.75) is 27.4 Å². The number of amides is 4. The van der Waals surface area contributed by atoms with Crippen LogP contribution in [-0.4, -0.2) is 24.5 Å². The molecule has 202 valence electrons. The van der Waals surface area contributed by atoms with Gasteiger partial charge in [0.25, 0.3) is 11.8 Å².